The Bertz CT molecular complexity index is 477. The van der Waals surface area contributed by atoms with Crippen molar-refractivity contribution in [2.24, 2.45) is 16.8 Å². The first-order valence-corrected chi connectivity index (χ1v) is 6.28. The molecule has 0 aliphatic rings. The van der Waals surface area contributed by atoms with Gasteiger partial charge in [-0.3, -0.25) is 4.79 Å². The molecule has 0 aliphatic carbocycles. The van der Waals surface area contributed by atoms with E-state index in [1.54, 1.807) is 24.9 Å². The van der Waals surface area contributed by atoms with Gasteiger partial charge in [0.2, 0.25) is 5.91 Å². The third-order valence-electron chi connectivity index (χ3n) is 2.89. The number of hydrogen-bond donors (Lipinski definition) is 2. The van der Waals surface area contributed by atoms with Crippen LogP contribution >= 0.6 is 11.6 Å². The van der Waals surface area contributed by atoms with Gasteiger partial charge in [0.15, 0.2) is 0 Å². The molecule has 104 valence electrons. The normalized spacial score (nSPS) is 13.1. The Morgan fingerprint density at radius 2 is 2.16 bits per heavy atom. The lowest BCUT2D eigenvalue weighted by Crippen LogP contribution is -2.37. The van der Waals surface area contributed by atoms with Crippen LogP contribution < -0.4 is 5.73 Å². The average Bonchev–Trinajstić information content (AvgIpc) is 2.40. The van der Waals surface area contributed by atoms with Gasteiger partial charge in [-0.2, -0.15) is 0 Å². The van der Waals surface area contributed by atoms with Gasteiger partial charge in [-0.15, -0.1) is 0 Å². The van der Waals surface area contributed by atoms with Gasteiger partial charge >= 0.3 is 0 Å². The SMILES string of the molecule is CC(CN(C)C(=O)Cc1ccccc1Cl)/C(N)=N/O. The lowest BCUT2D eigenvalue weighted by molar-refractivity contribution is -0.129. The minimum absolute atomic E-state index is 0.0642. The van der Waals surface area contributed by atoms with Gasteiger partial charge in [0.25, 0.3) is 0 Å². The zero-order valence-corrected chi connectivity index (χ0v) is 11.8. The second-order valence-electron chi connectivity index (χ2n) is 4.47. The van der Waals surface area contributed by atoms with Crippen molar-refractivity contribution in [2.75, 3.05) is 13.6 Å². The van der Waals surface area contributed by atoms with E-state index in [1.807, 2.05) is 18.2 Å². The van der Waals surface area contributed by atoms with Crippen LogP contribution in [0.4, 0.5) is 0 Å². The number of nitrogens with zero attached hydrogens (tertiary/aromatic N) is 2. The number of carbonyl (C=O) groups excluding carboxylic acids is 1. The zero-order chi connectivity index (χ0) is 14.4. The first-order chi connectivity index (χ1) is 8.95. The molecule has 0 radical (unpaired) electrons. The van der Waals surface area contributed by atoms with Crippen molar-refractivity contribution in [3.63, 3.8) is 0 Å². The number of nitrogens with two attached hydrogens (primary N) is 1. The summed E-state index contributed by atoms with van der Waals surface area (Å²) in [5.41, 5.74) is 6.27. The van der Waals surface area contributed by atoms with E-state index in [4.69, 9.17) is 22.5 Å². The average molecular weight is 284 g/mol. The summed E-state index contributed by atoms with van der Waals surface area (Å²) >= 11 is 6.01. The summed E-state index contributed by atoms with van der Waals surface area (Å²) in [6, 6.07) is 7.23. The summed E-state index contributed by atoms with van der Waals surface area (Å²) in [7, 11) is 1.68. The van der Waals surface area contributed by atoms with Crippen molar-refractivity contribution in [1.29, 1.82) is 0 Å². The minimum Gasteiger partial charge on any atom is -0.409 e. The van der Waals surface area contributed by atoms with E-state index in [0.29, 0.717) is 11.6 Å². The van der Waals surface area contributed by atoms with E-state index >= 15 is 0 Å². The molecule has 1 unspecified atom stereocenters. The molecule has 1 aromatic rings. The lowest BCUT2D eigenvalue weighted by Gasteiger charge is -2.21. The summed E-state index contributed by atoms with van der Waals surface area (Å²) in [5, 5.41) is 12.1. The van der Waals surface area contributed by atoms with Crippen LogP contribution in [0, 0.1) is 5.92 Å². The van der Waals surface area contributed by atoms with Gasteiger partial charge in [-0.05, 0) is 11.6 Å². The molecule has 1 amide bonds. The van der Waals surface area contributed by atoms with E-state index in [9.17, 15) is 4.79 Å². The molecule has 1 rings (SSSR count). The lowest BCUT2D eigenvalue weighted by atomic mass is 10.1. The molecular weight excluding hydrogens is 266 g/mol. The van der Waals surface area contributed by atoms with Crippen LogP contribution in [-0.2, 0) is 11.2 Å². The molecule has 5 nitrogen and oxygen atoms in total. The van der Waals surface area contributed by atoms with Gasteiger partial charge in [0.05, 0.1) is 6.42 Å². The summed E-state index contributed by atoms with van der Waals surface area (Å²) in [6.45, 7) is 2.17. The Kier molecular flexibility index (Phi) is 5.63. The summed E-state index contributed by atoms with van der Waals surface area (Å²) in [5.74, 6) is -0.159. The molecule has 6 heteroatoms. The Hall–Kier alpha value is -1.75. The third kappa shape index (κ3) is 4.44. The second kappa shape index (κ2) is 6.99. The molecular formula is C13H18ClN3O2. The quantitative estimate of drug-likeness (QED) is 0.374. The third-order valence-corrected chi connectivity index (χ3v) is 3.26. The first-order valence-electron chi connectivity index (χ1n) is 5.90. The van der Waals surface area contributed by atoms with Crippen molar-refractivity contribution >= 4 is 23.3 Å². The van der Waals surface area contributed by atoms with Crippen molar-refractivity contribution in [3.8, 4) is 0 Å². The maximum absolute atomic E-state index is 12.0. The number of halogens is 1. The molecule has 0 aliphatic heterocycles. The predicted molar refractivity (Wildman–Crippen MR) is 75.4 cm³/mol. The van der Waals surface area contributed by atoms with Crippen LogP contribution in [0.2, 0.25) is 5.02 Å². The smallest absolute Gasteiger partial charge is 0.226 e. The van der Waals surface area contributed by atoms with E-state index in [-0.39, 0.29) is 24.1 Å². The van der Waals surface area contributed by atoms with Gasteiger partial charge in [-0.1, -0.05) is 41.9 Å². The molecule has 1 atom stereocenters. The number of rotatable bonds is 5. The fourth-order valence-electron chi connectivity index (χ4n) is 1.64. The number of carbonyl (C=O) groups is 1. The largest absolute Gasteiger partial charge is 0.409 e. The van der Waals surface area contributed by atoms with Crippen molar-refractivity contribution in [1.82, 2.24) is 4.90 Å². The fourth-order valence-corrected chi connectivity index (χ4v) is 1.85. The molecule has 0 saturated heterocycles. The van der Waals surface area contributed by atoms with Crippen molar-refractivity contribution < 1.29 is 10.0 Å². The van der Waals surface area contributed by atoms with Crippen LogP contribution in [0.25, 0.3) is 0 Å². The van der Waals surface area contributed by atoms with Gasteiger partial charge < -0.3 is 15.8 Å². The molecule has 0 aromatic heterocycles. The summed E-state index contributed by atoms with van der Waals surface area (Å²) in [4.78, 5) is 13.6. The standard InChI is InChI=1S/C13H18ClN3O2/c1-9(13(15)16-19)8-17(2)12(18)7-10-5-3-4-6-11(10)14/h3-6,9,19H,7-8H2,1-2H3,(H2,15,16). The van der Waals surface area contributed by atoms with E-state index in [0.717, 1.165) is 5.56 Å². The number of oxime groups is 1. The highest BCUT2D eigenvalue weighted by Crippen LogP contribution is 2.16. The van der Waals surface area contributed by atoms with Crippen LogP contribution in [-0.4, -0.2) is 35.4 Å². The van der Waals surface area contributed by atoms with Crippen LogP contribution in [0.1, 0.15) is 12.5 Å². The van der Waals surface area contributed by atoms with Gasteiger partial charge in [-0.25, -0.2) is 0 Å². The van der Waals surface area contributed by atoms with Crippen LogP contribution in [0.5, 0.6) is 0 Å². The zero-order valence-electron chi connectivity index (χ0n) is 11.0. The fraction of sp³-hybridized carbons (Fsp3) is 0.385. The number of benzene rings is 1. The summed E-state index contributed by atoms with van der Waals surface area (Å²) < 4.78 is 0. The number of amides is 1. The monoisotopic (exact) mass is 283 g/mol. The van der Waals surface area contributed by atoms with E-state index in [1.165, 1.54) is 0 Å². The predicted octanol–water partition coefficient (Wildman–Crippen LogP) is 1.72. The maximum Gasteiger partial charge on any atom is 0.226 e. The summed E-state index contributed by atoms with van der Waals surface area (Å²) in [6.07, 6.45) is 0.235. The Balaban J connectivity index is 2.61. The molecule has 1 aromatic carbocycles. The molecule has 0 saturated carbocycles. The molecule has 0 fully saturated rings. The highest BCUT2D eigenvalue weighted by molar-refractivity contribution is 6.31. The molecule has 0 heterocycles. The highest BCUT2D eigenvalue weighted by atomic mass is 35.5. The number of likely N-dealkylation sites (N-methyl/N-ethyl adjacent to an activating group) is 1. The molecule has 19 heavy (non-hydrogen) atoms. The van der Waals surface area contributed by atoms with Crippen molar-refractivity contribution in [2.45, 2.75) is 13.3 Å². The molecule has 0 spiro atoms. The Morgan fingerprint density at radius 3 is 2.74 bits per heavy atom. The van der Waals surface area contributed by atoms with Crippen LogP contribution in [0.3, 0.4) is 0 Å². The Labute approximate surface area is 117 Å². The Morgan fingerprint density at radius 1 is 1.53 bits per heavy atom. The first kappa shape index (κ1) is 15.3. The maximum atomic E-state index is 12.0. The van der Waals surface area contributed by atoms with Crippen LogP contribution in [0.15, 0.2) is 29.4 Å². The van der Waals surface area contributed by atoms with Gasteiger partial charge in [0, 0.05) is 24.5 Å². The second-order valence-corrected chi connectivity index (χ2v) is 4.88. The van der Waals surface area contributed by atoms with E-state index in [2.05, 4.69) is 5.16 Å². The molecule has 3 N–H and O–H groups in total. The number of amidine groups is 1. The van der Waals surface area contributed by atoms with E-state index < -0.39 is 0 Å². The number of hydrogen-bond acceptors (Lipinski definition) is 3. The highest BCUT2D eigenvalue weighted by Gasteiger charge is 2.16. The van der Waals surface area contributed by atoms with Gasteiger partial charge in [0.1, 0.15) is 5.84 Å². The molecule has 0 bridgehead atoms. The topological polar surface area (TPSA) is 78.9 Å². The van der Waals surface area contributed by atoms with Crippen molar-refractivity contribution in [3.05, 3.63) is 34.9 Å². The minimum atomic E-state index is -0.204.